The van der Waals surface area contributed by atoms with Gasteiger partial charge in [0.15, 0.2) is 5.78 Å². The van der Waals surface area contributed by atoms with Crippen molar-refractivity contribution in [2.45, 2.75) is 0 Å². The minimum Gasteiger partial charge on any atom is -0.399 e. The quantitative estimate of drug-likeness (QED) is 0.681. The third kappa shape index (κ3) is 2.53. The van der Waals surface area contributed by atoms with Gasteiger partial charge in [-0.2, -0.15) is 0 Å². The fourth-order valence-electron chi connectivity index (χ4n) is 1.51. The lowest BCUT2D eigenvalue weighted by Gasteiger charge is -2.04. The van der Waals surface area contributed by atoms with E-state index in [2.05, 4.69) is 15.9 Å². The van der Waals surface area contributed by atoms with Crippen LogP contribution in [0.25, 0.3) is 0 Å². The third-order valence-corrected chi connectivity index (χ3v) is 2.82. The van der Waals surface area contributed by atoms with E-state index in [1.54, 1.807) is 24.3 Å². The highest BCUT2D eigenvalue weighted by atomic mass is 79.9. The van der Waals surface area contributed by atoms with Gasteiger partial charge in [0.2, 0.25) is 0 Å². The fourth-order valence-corrected chi connectivity index (χ4v) is 1.87. The van der Waals surface area contributed by atoms with E-state index >= 15 is 0 Å². The van der Waals surface area contributed by atoms with Crippen LogP contribution in [0.5, 0.6) is 0 Å². The normalized spacial score (nSPS) is 10.2. The smallest absolute Gasteiger partial charge is 0.196 e. The zero-order valence-electron chi connectivity index (χ0n) is 8.78. The van der Waals surface area contributed by atoms with Crippen molar-refractivity contribution in [2.75, 3.05) is 5.73 Å². The van der Waals surface area contributed by atoms with Crippen LogP contribution in [0.2, 0.25) is 0 Å². The minimum atomic E-state index is -0.541. The van der Waals surface area contributed by atoms with Crippen molar-refractivity contribution in [3.63, 3.8) is 0 Å². The van der Waals surface area contributed by atoms with Gasteiger partial charge in [0.25, 0.3) is 0 Å². The van der Waals surface area contributed by atoms with Gasteiger partial charge in [0.05, 0.1) is 5.56 Å². The van der Waals surface area contributed by atoms with Crippen LogP contribution in [-0.2, 0) is 0 Å². The molecule has 0 unspecified atom stereocenters. The van der Waals surface area contributed by atoms with E-state index in [4.69, 9.17) is 5.73 Å². The van der Waals surface area contributed by atoms with Gasteiger partial charge >= 0.3 is 0 Å². The molecule has 0 fully saturated rings. The second-order valence-corrected chi connectivity index (χ2v) is 4.49. The zero-order valence-corrected chi connectivity index (χ0v) is 10.4. The zero-order chi connectivity index (χ0) is 12.4. The van der Waals surface area contributed by atoms with Crippen molar-refractivity contribution in [2.24, 2.45) is 0 Å². The third-order valence-electron chi connectivity index (χ3n) is 2.32. The molecule has 0 aliphatic rings. The highest BCUT2D eigenvalue weighted by Gasteiger charge is 2.14. The van der Waals surface area contributed by atoms with E-state index in [0.29, 0.717) is 15.7 Å². The largest absolute Gasteiger partial charge is 0.399 e. The number of nitrogens with two attached hydrogens (primary N) is 1. The highest BCUT2D eigenvalue weighted by Crippen LogP contribution is 2.19. The Kier molecular flexibility index (Phi) is 3.24. The summed E-state index contributed by atoms with van der Waals surface area (Å²) in [6.07, 6.45) is 0. The molecule has 0 radical (unpaired) electrons. The van der Waals surface area contributed by atoms with Crippen LogP contribution in [0.4, 0.5) is 10.1 Å². The molecule has 0 amide bonds. The fraction of sp³-hybridized carbons (Fsp3) is 0. The summed E-state index contributed by atoms with van der Waals surface area (Å²) in [6, 6.07) is 10.7. The van der Waals surface area contributed by atoms with Gasteiger partial charge in [0, 0.05) is 15.7 Å². The summed E-state index contributed by atoms with van der Waals surface area (Å²) in [5.41, 5.74) is 6.47. The molecule has 2 rings (SSSR count). The molecule has 0 saturated carbocycles. The standard InChI is InChI=1S/C13H9BrFNO/c14-9-4-5-12(15)11(7-9)13(17)8-2-1-3-10(16)6-8/h1-7H,16H2. The molecule has 0 saturated heterocycles. The van der Waals surface area contributed by atoms with E-state index in [-0.39, 0.29) is 11.3 Å². The Bertz CT molecular complexity index is 583. The van der Waals surface area contributed by atoms with E-state index in [9.17, 15) is 9.18 Å². The number of hydrogen-bond acceptors (Lipinski definition) is 2. The first kappa shape index (κ1) is 11.8. The average molecular weight is 294 g/mol. The second kappa shape index (κ2) is 4.67. The molecule has 17 heavy (non-hydrogen) atoms. The van der Waals surface area contributed by atoms with Crippen molar-refractivity contribution >= 4 is 27.4 Å². The lowest BCUT2D eigenvalue weighted by atomic mass is 10.0. The molecular formula is C13H9BrFNO. The summed E-state index contributed by atoms with van der Waals surface area (Å²) < 4.78 is 14.2. The van der Waals surface area contributed by atoms with Gasteiger partial charge in [-0.3, -0.25) is 4.79 Å². The highest BCUT2D eigenvalue weighted by molar-refractivity contribution is 9.10. The number of hydrogen-bond donors (Lipinski definition) is 1. The number of ketones is 1. The summed E-state index contributed by atoms with van der Waals surface area (Å²) in [5, 5.41) is 0. The van der Waals surface area contributed by atoms with Crippen LogP contribution in [0.3, 0.4) is 0 Å². The first-order valence-electron chi connectivity index (χ1n) is 4.93. The van der Waals surface area contributed by atoms with E-state index < -0.39 is 5.82 Å². The molecule has 2 aromatic rings. The van der Waals surface area contributed by atoms with Crippen LogP contribution >= 0.6 is 15.9 Å². The Hall–Kier alpha value is -1.68. The van der Waals surface area contributed by atoms with Crippen LogP contribution in [0.1, 0.15) is 15.9 Å². The summed E-state index contributed by atoms with van der Waals surface area (Å²) in [7, 11) is 0. The Morgan fingerprint density at radius 1 is 1.18 bits per heavy atom. The summed E-state index contributed by atoms with van der Waals surface area (Å²) in [5.74, 6) is -0.920. The molecule has 0 aliphatic heterocycles. The second-order valence-electron chi connectivity index (χ2n) is 3.58. The first-order valence-corrected chi connectivity index (χ1v) is 5.72. The summed E-state index contributed by atoms with van der Waals surface area (Å²) >= 11 is 3.21. The number of rotatable bonds is 2. The van der Waals surface area contributed by atoms with Gasteiger partial charge in [-0.25, -0.2) is 4.39 Å². The van der Waals surface area contributed by atoms with Gasteiger partial charge < -0.3 is 5.73 Å². The van der Waals surface area contributed by atoms with E-state index in [0.717, 1.165) is 0 Å². The summed E-state index contributed by atoms with van der Waals surface area (Å²) in [6.45, 7) is 0. The maximum Gasteiger partial charge on any atom is 0.196 e. The molecule has 2 N–H and O–H groups in total. The van der Waals surface area contributed by atoms with Gasteiger partial charge in [-0.05, 0) is 30.3 Å². The maximum atomic E-state index is 13.5. The Labute approximate surface area is 106 Å². The SMILES string of the molecule is Nc1cccc(C(=O)c2cc(Br)ccc2F)c1. The van der Waals surface area contributed by atoms with Gasteiger partial charge in [-0.1, -0.05) is 28.1 Å². The van der Waals surface area contributed by atoms with Crippen LogP contribution < -0.4 is 5.73 Å². The van der Waals surface area contributed by atoms with Crippen molar-refractivity contribution in [1.29, 1.82) is 0 Å². The molecule has 0 spiro atoms. The predicted octanol–water partition coefficient (Wildman–Crippen LogP) is 3.40. The van der Waals surface area contributed by atoms with Gasteiger partial charge in [-0.15, -0.1) is 0 Å². The van der Waals surface area contributed by atoms with Gasteiger partial charge in [0.1, 0.15) is 5.82 Å². The molecule has 0 heterocycles. The number of anilines is 1. The molecule has 2 aromatic carbocycles. The number of carbonyl (C=O) groups excluding carboxylic acids is 1. The Morgan fingerprint density at radius 3 is 2.65 bits per heavy atom. The molecular weight excluding hydrogens is 285 g/mol. The van der Waals surface area contributed by atoms with Crippen LogP contribution in [0.15, 0.2) is 46.9 Å². The monoisotopic (exact) mass is 293 g/mol. The molecule has 2 nitrogen and oxygen atoms in total. The van der Waals surface area contributed by atoms with E-state index in [1.165, 1.54) is 18.2 Å². The molecule has 0 aliphatic carbocycles. The molecule has 86 valence electrons. The average Bonchev–Trinajstić information content (AvgIpc) is 2.31. The minimum absolute atomic E-state index is 0.0324. The lowest BCUT2D eigenvalue weighted by molar-refractivity contribution is 0.103. The van der Waals surface area contributed by atoms with Crippen molar-refractivity contribution in [1.82, 2.24) is 0 Å². The van der Waals surface area contributed by atoms with Crippen molar-refractivity contribution in [3.05, 3.63) is 63.9 Å². The number of halogens is 2. The number of benzene rings is 2. The molecule has 4 heteroatoms. The first-order chi connectivity index (χ1) is 8.08. The molecule has 0 bridgehead atoms. The van der Waals surface area contributed by atoms with E-state index in [1.807, 2.05) is 0 Å². The van der Waals surface area contributed by atoms with Crippen molar-refractivity contribution < 1.29 is 9.18 Å². The lowest BCUT2D eigenvalue weighted by Crippen LogP contribution is -2.04. The summed E-state index contributed by atoms with van der Waals surface area (Å²) in [4.78, 5) is 12.1. The maximum absolute atomic E-state index is 13.5. The predicted molar refractivity (Wildman–Crippen MR) is 68.4 cm³/mol. The van der Waals surface area contributed by atoms with Crippen LogP contribution in [0, 0.1) is 5.82 Å². The Morgan fingerprint density at radius 2 is 1.94 bits per heavy atom. The van der Waals surface area contributed by atoms with Crippen molar-refractivity contribution in [3.8, 4) is 0 Å². The number of carbonyl (C=O) groups is 1. The van der Waals surface area contributed by atoms with Crippen LogP contribution in [-0.4, -0.2) is 5.78 Å². The Balaban J connectivity index is 2.47. The topological polar surface area (TPSA) is 43.1 Å². The number of nitrogen functional groups attached to an aromatic ring is 1. The molecule has 0 aromatic heterocycles. The molecule has 0 atom stereocenters.